The molecule has 0 heterocycles. The van der Waals surface area contributed by atoms with Crippen molar-refractivity contribution in [2.75, 3.05) is 0 Å². The number of hydrogen-bond acceptors (Lipinski definition) is 1. The minimum atomic E-state index is -5.17. The molecule has 1 aromatic carbocycles. The maximum absolute atomic E-state index is 12.8. The highest BCUT2D eigenvalue weighted by atomic mass is 32.2. The van der Waals surface area contributed by atoms with E-state index in [0.29, 0.717) is 0 Å². The summed E-state index contributed by atoms with van der Waals surface area (Å²) < 4.78 is 113. The summed E-state index contributed by atoms with van der Waals surface area (Å²) in [5.74, 6) is 0. The third kappa shape index (κ3) is 4.72. The van der Waals surface area contributed by atoms with Crippen molar-refractivity contribution in [3.63, 3.8) is 0 Å². The molecule has 1 rings (SSSR count). The van der Waals surface area contributed by atoms with Crippen LogP contribution in [0.5, 0.6) is 0 Å². The van der Waals surface area contributed by atoms with Crippen LogP contribution in [-0.2, 0) is 18.8 Å². The lowest BCUT2D eigenvalue weighted by Crippen LogP contribution is -2.17. The van der Waals surface area contributed by atoms with Crippen LogP contribution in [0, 0.1) is 0 Å². The van der Waals surface area contributed by atoms with E-state index in [1.807, 2.05) is 0 Å². The molecule has 10 heteroatoms. The minimum Gasteiger partial charge on any atom is -0.166 e. The fourth-order valence-electron chi connectivity index (χ4n) is 1.72. The summed E-state index contributed by atoms with van der Waals surface area (Å²) in [6.45, 7) is 1.07. The molecule has 0 nitrogen and oxygen atoms in total. The molecule has 120 valence electrons. The molecule has 0 saturated carbocycles. The molecular formula is C11H7F9S. The Kier molecular flexibility index (Phi) is 4.81. The normalized spacial score (nSPS) is 13.6. The van der Waals surface area contributed by atoms with E-state index in [1.165, 1.54) is 0 Å². The standard InChI is InChI=1S/C11H7F9S/c1-2-6-7(9(12,13)14)3-5(21-11(18,19)20)4-8(6)10(15,16)17/h3-4H,2H2,1H3. The van der Waals surface area contributed by atoms with Crippen LogP contribution in [0.2, 0.25) is 0 Å². The monoisotopic (exact) mass is 342 g/mol. The molecule has 0 radical (unpaired) electrons. The van der Waals surface area contributed by atoms with Gasteiger partial charge in [0.2, 0.25) is 0 Å². The Bertz CT molecular complexity index is 475. The van der Waals surface area contributed by atoms with Gasteiger partial charge in [-0.15, -0.1) is 0 Å². The van der Waals surface area contributed by atoms with Gasteiger partial charge >= 0.3 is 17.9 Å². The van der Waals surface area contributed by atoms with Gasteiger partial charge in [0.05, 0.1) is 11.1 Å². The van der Waals surface area contributed by atoms with Crippen molar-refractivity contribution in [1.29, 1.82) is 0 Å². The maximum Gasteiger partial charge on any atom is 0.446 e. The van der Waals surface area contributed by atoms with Crippen molar-refractivity contribution in [2.45, 2.75) is 36.1 Å². The van der Waals surface area contributed by atoms with Gasteiger partial charge in [-0.25, -0.2) is 0 Å². The molecule has 0 amide bonds. The SMILES string of the molecule is CCc1c(C(F)(F)F)cc(SC(F)(F)F)cc1C(F)(F)F. The molecule has 0 aliphatic rings. The smallest absolute Gasteiger partial charge is 0.166 e. The average Bonchev–Trinajstić information content (AvgIpc) is 2.23. The molecule has 0 atom stereocenters. The van der Waals surface area contributed by atoms with Crippen LogP contribution in [0.15, 0.2) is 17.0 Å². The Labute approximate surface area is 117 Å². The number of benzene rings is 1. The van der Waals surface area contributed by atoms with E-state index in [-0.39, 0.29) is 12.1 Å². The quantitative estimate of drug-likeness (QED) is 0.476. The van der Waals surface area contributed by atoms with Gasteiger partial charge in [0, 0.05) is 4.90 Å². The topological polar surface area (TPSA) is 0 Å². The summed E-state index contributed by atoms with van der Waals surface area (Å²) in [6.07, 6.45) is -11.0. The van der Waals surface area contributed by atoms with Gasteiger partial charge in [-0.1, -0.05) is 6.92 Å². The first-order valence-electron chi connectivity index (χ1n) is 5.32. The summed E-state index contributed by atoms with van der Waals surface area (Å²) in [6, 6.07) is 0.179. The second-order valence-electron chi connectivity index (χ2n) is 3.89. The molecule has 0 aliphatic heterocycles. The van der Waals surface area contributed by atoms with Gasteiger partial charge < -0.3 is 0 Å². The lowest BCUT2D eigenvalue weighted by atomic mass is 9.98. The van der Waals surface area contributed by atoms with Crippen LogP contribution in [0.1, 0.15) is 23.6 Å². The lowest BCUT2D eigenvalue weighted by Gasteiger charge is -2.20. The molecule has 1 aromatic rings. The van der Waals surface area contributed by atoms with Gasteiger partial charge in [0.25, 0.3) is 0 Å². The van der Waals surface area contributed by atoms with Crippen LogP contribution < -0.4 is 0 Å². The second-order valence-corrected chi connectivity index (χ2v) is 5.03. The Hall–Kier alpha value is -1.06. The highest BCUT2D eigenvalue weighted by molar-refractivity contribution is 8.00. The Morgan fingerprint density at radius 3 is 1.43 bits per heavy atom. The number of alkyl halides is 9. The van der Waals surface area contributed by atoms with Crippen LogP contribution in [-0.4, -0.2) is 5.51 Å². The molecule has 0 aromatic heterocycles. The van der Waals surface area contributed by atoms with Crippen molar-refractivity contribution in [3.05, 3.63) is 28.8 Å². The zero-order chi connectivity index (χ0) is 16.6. The van der Waals surface area contributed by atoms with Gasteiger partial charge in [-0.05, 0) is 35.9 Å². The zero-order valence-electron chi connectivity index (χ0n) is 10.2. The van der Waals surface area contributed by atoms with Crippen molar-refractivity contribution in [1.82, 2.24) is 0 Å². The fraction of sp³-hybridized carbons (Fsp3) is 0.455. The Morgan fingerprint density at radius 1 is 0.810 bits per heavy atom. The van der Waals surface area contributed by atoms with Crippen LogP contribution >= 0.6 is 11.8 Å². The maximum atomic E-state index is 12.8. The van der Waals surface area contributed by atoms with Crippen molar-refractivity contribution in [3.8, 4) is 0 Å². The van der Waals surface area contributed by atoms with Crippen molar-refractivity contribution < 1.29 is 39.5 Å². The van der Waals surface area contributed by atoms with E-state index in [0.717, 1.165) is 6.92 Å². The van der Waals surface area contributed by atoms with Gasteiger partial charge in [0.15, 0.2) is 0 Å². The predicted molar refractivity (Wildman–Crippen MR) is 57.7 cm³/mol. The van der Waals surface area contributed by atoms with Crippen molar-refractivity contribution in [2.24, 2.45) is 0 Å². The summed E-state index contributed by atoms with van der Waals surface area (Å²) in [4.78, 5) is -1.15. The van der Waals surface area contributed by atoms with Gasteiger partial charge in [-0.3, -0.25) is 0 Å². The Morgan fingerprint density at radius 2 is 1.19 bits per heavy atom. The fourth-order valence-corrected chi connectivity index (χ4v) is 2.35. The summed E-state index contributed by atoms with van der Waals surface area (Å²) >= 11 is -1.02. The number of rotatable bonds is 2. The highest BCUT2D eigenvalue weighted by Gasteiger charge is 2.42. The molecule has 21 heavy (non-hydrogen) atoms. The molecule has 0 aliphatic carbocycles. The van der Waals surface area contributed by atoms with E-state index in [2.05, 4.69) is 0 Å². The van der Waals surface area contributed by atoms with E-state index >= 15 is 0 Å². The van der Waals surface area contributed by atoms with Crippen LogP contribution in [0.3, 0.4) is 0 Å². The van der Waals surface area contributed by atoms with Gasteiger partial charge in [0.1, 0.15) is 0 Å². The van der Waals surface area contributed by atoms with Gasteiger partial charge in [-0.2, -0.15) is 39.5 Å². The zero-order valence-corrected chi connectivity index (χ0v) is 11.0. The first-order valence-corrected chi connectivity index (χ1v) is 6.14. The van der Waals surface area contributed by atoms with Crippen LogP contribution in [0.4, 0.5) is 39.5 Å². The molecule has 0 saturated heterocycles. The van der Waals surface area contributed by atoms with Crippen molar-refractivity contribution >= 4 is 11.8 Å². The molecule has 0 spiro atoms. The van der Waals surface area contributed by atoms with E-state index < -0.39 is 57.6 Å². The minimum absolute atomic E-state index is 0.0895. The number of hydrogen-bond donors (Lipinski definition) is 0. The second kappa shape index (κ2) is 5.62. The molecule has 0 fully saturated rings. The summed E-state index contributed by atoms with van der Waals surface area (Å²) in [7, 11) is 0. The lowest BCUT2D eigenvalue weighted by molar-refractivity contribution is -0.144. The Balaban J connectivity index is 3.59. The van der Waals surface area contributed by atoms with Crippen LogP contribution in [0.25, 0.3) is 0 Å². The number of thioether (sulfide) groups is 1. The number of halogens is 9. The highest BCUT2D eigenvalue weighted by Crippen LogP contribution is 2.45. The molecule has 0 N–H and O–H groups in total. The average molecular weight is 342 g/mol. The van der Waals surface area contributed by atoms with E-state index in [1.54, 1.807) is 0 Å². The van der Waals surface area contributed by atoms with E-state index in [4.69, 9.17) is 0 Å². The summed E-state index contributed by atoms with van der Waals surface area (Å²) in [5.41, 5.74) is -9.46. The predicted octanol–water partition coefficient (Wildman–Crippen LogP) is 5.90. The largest absolute Gasteiger partial charge is 0.446 e. The third-order valence-corrected chi connectivity index (χ3v) is 3.12. The molecular weight excluding hydrogens is 335 g/mol. The molecule has 0 bridgehead atoms. The first kappa shape index (κ1) is 18.0. The van der Waals surface area contributed by atoms with E-state index in [9.17, 15) is 39.5 Å². The third-order valence-electron chi connectivity index (χ3n) is 2.42. The first-order chi connectivity index (χ1) is 9.25. The summed E-state index contributed by atoms with van der Waals surface area (Å²) in [5, 5.41) is 0. The molecule has 0 unspecified atom stereocenters.